The smallest absolute Gasteiger partial charge is 0.105 e. The van der Waals surface area contributed by atoms with Crippen LogP contribution in [0.3, 0.4) is 0 Å². The first-order chi connectivity index (χ1) is 7.79. The van der Waals surface area contributed by atoms with E-state index in [-0.39, 0.29) is 0 Å². The van der Waals surface area contributed by atoms with Crippen LogP contribution in [0, 0.1) is 0 Å². The quantitative estimate of drug-likeness (QED) is 0.571. The summed E-state index contributed by atoms with van der Waals surface area (Å²) >= 11 is 7.19. The minimum absolute atomic E-state index is 0.882. The molecule has 0 saturated carbocycles. The number of rotatable bonds is 0. The van der Waals surface area contributed by atoms with Crippen LogP contribution in [-0.4, -0.2) is 9.97 Å². The summed E-state index contributed by atoms with van der Waals surface area (Å²) in [6.45, 7) is 0. The third-order valence-corrected chi connectivity index (χ3v) is 4.12. The van der Waals surface area contributed by atoms with Gasteiger partial charge in [-0.2, -0.15) is 0 Å². The maximum atomic E-state index is 4.35. The highest BCUT2D eigenvalue weighted by molar-refractivity contribution is 9.11. The van der Waals surface area contributed by atoms with Crippen LogP contribution < -0.4 is 0 Å². The van der Waals surface area contributed by atoms with Gasteiger partial charge in [0, 0.05) is 12.4 Å². The summed E-state index contributed by atoms with van der Waals surface area (Å²) in [5.41, 5.74) is 1.76. The van der Waals surface area contributed by atoms with Gasteiger partial charge in [0.2, 0.25) is 0 Å². The van der Waals surface area contributed by atoms with Crippen LogP contribution >= 0.6 is 31.9 Å². The van der Waals surface area contributed by atoms with Crippen molar-refractivity contribution in [1.82, 2.24) is 9.97 Å². The molecule has 78 valence electrons. The second-order valence-electron chi connectivity index (χ2n) is 3.43. The van der Waals surface area contributed by atoms with E-state index in [2.05, 4.69) is 54.0 Å². The molecule has 0 N–H and O–H groups in total. The van der Waals surface area contributed by atoms with Crippen molar-refractivity contribution < 1.29 is 0 Å². The fourth-order valence-corrected chi connectivity index (χ4v) is 3.05. The molecule has 1 aromatic heterocycles. The van der Waals surface area contributed by atoms with Crippen LogP contribution in [-0.2, 0) is 0 Å². The second kappa shape index (κ2) is 3.79. The summed E-state index contributed by atoms with van der Waals surface area (Å²) in [5, 5.41) is 2.28. The van der Waals surface area contributed by atoms with E-state index in [1.165, 1.54) is 0 Å². The van der Waals surface area contributed by atoms with Gasteiger partial charge in [-0.3, -0.25) is 9.97 Å². The Morgan fingerprint density at radius 2 is 1.19 bits per heavy atom. The van der Waals surface area contributed by atoms with Crippen molar-refractivity contribution in [2.75, 3.05) is 0 Å². The van der Waals surface area contributed by atoms with Crippen molar-refractivity contribution in [3.8, 4) is 0 Å². The number of nitrogens with zero attached hydrogens (tertiary/aromatic N) is 2. The Labute approximate surface area is 109 Å². The van der Waals surface area contributed by atoms with Crippen molar-refractivity contribution in [3.05, 3.63) is 45.6 Å². The fourth-order valence-electron chi connectivity index (χ4n) is 1.78. The molecule has 3 rings (SSSR count). The summed E-state index contributed by atoms with van der Waals surface area (Å²) in [4.78, 5) is 8.70. The van der Waals surface area contributed by atoms with Crippen LogP contribution in [0.5, 0.6) is 0 Å². The number of benzene rings is 2. The predicted molar refractivity (Wildman–Crippen MR) is 72.4 cm³/mol. The lowest BCUT2D eigenvalue weighted by atomic mass is 10.1. The zero-order valence-electron chi connectivity index (χ0n) is 8.11. The van der Waals surface area contributed by atoms with E-state index in [9.17, 15) is 0 Å². The number of fused-ring (bicyclic) bond motifs is 2. The molecule has 3 aromatic rings. The maximum Gasteiger partial charge on any atom is 0.105 e. The average molecular weight is 338 g/mol. The minimum Gasteiger partial charge on any atom is -0.252 e. The Kier molecular flexibility index (Phi) is 2.41. The van der Waals surface area contributed by atoms with Gasteiger partial charge < -0.3 is 0 Å². The first-order valence-corrected chi connectivity index (χ1v) is 6.34. The molecule has 0 amide bonds. The van der Waals surface area contributed by atoms with Gasteiger partial charge in [-0.05, 0) is 42.6 Å². The SMILES string of the molecule is Brc1c2ccccc2c(Br)c2nccnc12. The molecular weight excluding hydrogens is 332 g/mol. The topological polar surface area (TPSA) is 25.8 Å². The number of hydrogen-bond donors (Lipinski definition) is 0. The van der Waals surface area contributed by atoms with E-state index in [1.807, 2.05) is 12.1 Å². The Hall–Kier alpha value is -1.00. The molecule has 2 aromatic carbocycles. The second-order valence-corrected chi connectivity index (χ2v) is 5.01. The molecule has 0 radical (unpaired) electrons. The van der Waals surface area contributed by atoms with Crippen molar-refractivity contribution in [2.24, 2.45) is 0 Å². The number of hydrogen-bond acceptors (Lipinski definition) is 2. The standard InChI is InChI=1S/C12H6Br2N2/c13-9-7-3-1-2-4-8(7)10(14)12-11(9)15-5-6-16-12/h1-6H. The summed E-state index contributed by atoms with van der Waals surface area (Å²) in [5.74, 6) is 0. The largest absolute Gasteiger partial charge is 0.252 e. The van der Waals surface area contributed by atoms with Gasteiger partial charge >= 0.3 is 0 Å². The molecule has 16 heavy (non-hydrogen) atoms. The Bertz CT molecular complexity index is 578. The van der Waals surface area contributed by atoms with Crippen LogP contribution in [0.15, 0.2) is 45.6 Å². The maximum absolute atomic E-state index is 4.35. The third kappa shape index (κ3) is 1.37. The molecule has 0 fully saturated rings. The highest BCUT2D eigenvalue weighted by Gasteiger charge is 2.11. The summed E-state index contributed by atoms with van der Waals surface area (Å²) < 4.78 is 1.99. The van der Waals surface area contributed by atoms with Gasteiger partial charge in [0.25, 0.3) is 0 Å². The molecule has 1 heterocycles. The molecule has 0 saturated heterocycles. The molecule has 4 heteroatoms. The molecule has 0 aliphatic heterocycles. The Balaban J connectivity index is 2.67. The van der Waals surface area contributed by atoms with Crippen molar-refractivity contribution in [2.45, 2.75) is 0 Å². The van der Waals surface area contributed by atoms with E-state index in [0.29, 0.717) is 0 Å². The van der Waals surface area contributed by atoms with E-state index in [4.69, 9.17) is 0 Å². The number of aromatic nitrogens is 2. The normalized spacial score (nSPS) is 11.1. The van der Waals surface area contributed by atoms with Crippen LogP contribution in [0.25, 0.3) is 21.8 Å². The van der Waals surface area contributed by atoms with Crippen LogP contribution in [0.4, 0.5) is 0 Å². The lowest BCUT2D eigenvalue weighted by Crippen LogP contribution is -1.87. The van der Waals surface area contributed by atoms with Gasteiger partial charge in [0.05, 0.1) is 8.95 Å². The van der Waals surface area contributed by atoms with Gasteiger partial charge in [0.15, 0.2) is 0 Å². The summed E-state index contributed by atoms with van der Waals surface area (Å²) in [7, 11) is 0. The monoisotopic (exact) mass is 336 g/mol. The van der Waals surface area contributed by atoms with E-state index < -0.39 is 0 Å². The van der Waals surface area contributed by atoms with Crippen LogP contribution in [0.2, 0.25) is 0 Å². The van der Waals surface area contributed by atoms with E-state index in [0.717, 1.165) is 30.8 Å². The van der Waals surface area contributed by atoms with Crippen LogP contribution in [0.1, 0.15) is 0 Å². The van der Waals surface area contributed by atoms with Crippen molar-refractivity contribution in [1.29, 1.82) is 0 Å². The lowest BCUT2D eigenvalue weighted by molar-refractivity contribution is 1.29. The zero-order chi connectivity index (χ0) is 11.1. The lowest BCUT2D eigenvalue weighted by Gasteiger charge is -2.07. The first kappa shape index (κ1) is 10.2. The summed E-state index contributed by atoms with van der Waals surface area (Å²) in [6.07, 6.45) is 3.41. The molecular formula is C12H6Br2N2. The Morgan fingerprint density at radius 1 is 0.750 bits per heavy atom. The fraction of sp³-hybridized carbons (Fsp3) is 0. The molecule has 0 spiro atoms. The summed E-state index contributed by atoms with van der Waals surface area (Å²) in [6, 6.07) is 8.17. The molecule has 0 aliphatic rings. The van der Waals surface area contributed by atoms with E-state index >= 15 is 0 Å². The van der Waals surface area contributed by atoms with Crippen molar-refractivity contribution >= 4 is 53.7 Å². The van der Waals surface area contributed by atoms with Gasteiger partial charge in [-0.25, -0.2) is 0 Å². The van der Waals surface area contributed by atoms with Gasteiger partial charge in [-0.15, -0.1) is 0 Å². The third-order valence-electron chi connectivity index (χ3n) is 2.51. The number of halogens is 2. The highest BCUT2D eigenvalue weighted by Crippen LogP contribution is 2.36. The zero-order valence-corrected chi connectivity index (χ0v) is 11.3. The molecule has 0 atom stereocenters. The molecule has 0 unspecified atom stereocenters. The van der Waals surface area contributed by atoms with Gasteiger partial charge in [0.1, 0.15) is 11.0 Å². The molecule has 0 aliphatic carbocycles. The van der Waals surface area contributed by atoms with E-state index in [1.54, 1.807) is 12.4 Å². The first-order valence-electron chi connectivity index (χ1n) is 4.75. The van der Waals surface area contributed by atoms with Crippen molar-refractivity contribution in [3.63, 3.8) is 0 Å². The molecule has 0 bridgehead atoms. The Morgan fingerprint density at radius 3 is 1.62 bits per heavy atom. The highest BCUT2D eigenvalue weighted by atomic mass is 79.9. The predicted octanol–water partition coefficient (Wildman–Crippen LogP) is 4.31. The minimum atomic E-state index is 0.882. The van der Waals surface area contributed by atoms with Gasteiger partial charge in [-0.1, -0.05) is 24.3 Å². The molecule has 2 nitrogen and oxygen atoms in total. The average Bonchev–Trinajstić information content (AvgIpc) is 2.36.